The van der Waals surface area contributed by atoms with Crippen molar-refractivity contribution in [2.45, 2.75) is 66.2 Å². The van der Waals surface area contributed by atoms with Gasteiger partial charge < -0.3 is 10.6 Å². The fourth-order valence-corrected chi connectivity index (χ4v) is 4.19. The molecule has 4 nitrogen and oxygen atoms in total. The Morgan fingerprint density at radius 3 is 1.36 bits per heavy atom. The molecule has 0 aliphatic heterocycles. The Labute approximate surface area is 219 Å². The van der Waals surface area contributed by atoms with Crippen molar-refractivity contribution in [3.8, 4) is 11.1 Å². The van der Waals surface area contributed by atoms with E-state index < -0.39 is 0 Å². The van der Waals surface area contributed by atoms with Crippen LogP contribution in [0.4, 0.5) is 0 Å². The quantitative estimate of drug-likeness (QED) is 0.221. The highest BCUT2D eigenvalue weighted by molar-refractivity contribution is 5.72. The van der Waals surface area contributed by atoms with Gasteiger partial charge in [0.1, 0.15) is 0 Å². The first-order valence-corrected chi connectivity index (χ1v) is 13.5. The molecule has 0 aliphatic carbocycles. The molecule has 36 heavy (non-hydrogen) atoms. The minimum absolute atomic E-state index is 0.625. The smallest absolute Gasteiger partial charge is 0.0599 e. The average Bonchev–Trinajstić information content (AvgIpc) is 2.91. The minimum Gasteiger partial charge on any atom is -0.383 e. The molecule has 0 aliphatic rings. The third kappa shape index (κ3) is 9.85. The molecule has 0 saturated heterocycles. The fraction of sp³-hybridized carbons (Fsp3) is 0.438. The Hall–Kier alpha value is -3.14. The van der Waals surface area contributed by atoms with Gasteiger partial charge in [-0.25, -0.2) is 0 Å². The van der Waals surface area contributed by atoms with Gasteiger partial charge in [-0.15, -0.1) is 0 Å². The van der Waals surface area contributed by atoms with Crippen LogP contribution in [0.5, 0.6) is 0 Å². The Balaban J connectivity index is 2.07. The van der Waals surface area contributed by atoms with Crippen LogP contribution in [0.3, 0.4) is 0 Å². The SMILES string of the molecule is C=N/C=C(\NC[C@@H](C)CCCC)c1ccc(-c2ccc(/C(=C/N=C)NC[C@@H](C)CCCC)cc2)cc1. The van der Waals surface area contributed by atoms with E-state index >= 15 is 0 Å². The minimum atomic E-state index is 0.625. The standard InChI is InChI=1S/C32H46N4/c1-7-9-11-25(3)21-35-31(23-33-5)29-17-13-27(14-18-29)28-15-19-30(20-16-28)32(24-34-6)36-22-26(4)12-10-8-2/h13-20,23-26,35-36H,5-12,21-22H2,1-4H3/b31-23-,32-24-/t25-,26-/m0/s1. The zero-order chi connectivity index (χ0) is 26.2. The van der Waals surface area contributed by atoms with Gasteiger partial charge in [0.2, 0.25) is 0 Å². The largest absolute Gasteiger partial charge is 0.383 e. The number of hydrogen-bond donors (Lipinski definition) is 2. The van der Waals surface area contributed by atoms with Crippen LogP contribution in [0.1, 0.15) is 77.3 Å². The molecule has 2 N–H and O–H groups in total. The maximum absolute atomic E-state index is 4.02. The van der Waals surface area contributed by atoms with E-state index in [1.165, 1.54) is 49.7 Å². The van der Waals surface area contributed by atoms with Crippen LogP contribution in [0.25, 0.3) is 22.5 Å². The molecular formula is C32H46N4. The molecule has 0 aromatic heterocycles. The summed E-state index contributed by atoms with van der Waals surface area (Å²) in [5, 5.41) is 7.14. The predicted octanol–water partition coefficient (Wildman–Crippen LogP) is 8.18. The number of aliphatic imine (C=N–C) groups is 2. The van der Waals surface area contributed by atoms with E-state index in [4.69, 9.17) is 0 Å². The monoisotopic (exact) mass is 486 g/mol. The summed E-state index contributed by atoms with van der Waals surface area (Å²) >= 11 is 0. The van der Waals surface area contributed by atoms with E-state index in [9.17, 15) is 0 Å². The predicted molar refractivity (Wildman–Crippen MR) is 160 cm³/mol. The fourth-order valence-electron chi connectivity index (χ4n) is 4.19. The molecule has 194 valence electrons. The van der Waals surface area contributed by atoms with E-state index in [0.29, 0.717) is 11.8 Å². The van der Waals surface area contributed by atoms with Crippen molar-refractivity contribution in [1.29, 1.82) is 0 Å². The van der Waals surface area contributed by atoms with Gasteiger partial charge in [0, 0.05) is 25.5 Å². The van der Waals surface area contributed by atoms with Gasteiger partial charge in [-0.3, -0.25) is 9.98 Å². The third-order valence-corrected chi connectivity index (χ3v) is 6.55. The molecule has 0 fully saturated rings. The molecule has 0 heterocycles. The van der Waals surface area contributed by atoms with Crippen LogP contribution in [-0.4, -0.2) is 26.5 Å². The average molecular weight is 487 g/mol. The van der Waals surface area contributed by atoms with Gasteiger partial charge >= 0.3 is 0 Å². The van der Waals surface area contributed by atoms with Crippen molar-refractivity contribution in [2.24, 2.45) is 21.8 Å². The normalized spacial score (nSPS) is 13.7. The maximum atomic E-state index is 4.02. The van der Waals surface area contributed by atoms with E-state index in [1.807, 2.05) is 12.4 Å². The topological polar surface area (TPSA) is 48.8 Å². The first kappa shape index (κ1) is 29.1. The summed E-state index contributed by atoms with van der Waals surface area (Å²) < 4.78 is 0. The van der Waals surface area contributed by atoms with E-state index in [2.05, 4.69) is 110 Å². The molecule has 0 spiro atoms. The second kappa shape index (κ2) is 16.5. The molecule has 0 unspecified atom stereocenters. The molecule has 2 atom stereocenters. The number of unbranched alkanes of at least 4 members (excludes halogenated alkanes) is 2. The molecule has 0 radical (unpaired) electrons. The maximum Gasteiger partial charge on any atom is 0.0599 e. The van der Waals surface area contributed by atoms with Gasteiger partial charge in [-0.2, -0.15) is 0 Å². The molecule has 2 rings (SSSR count). The third-order valence-electron chi connectivity index (χ3n) is 6.55. The lowest BCUT2D eigenvalue weighted by molar-refractivity contribution is 0.494. The van der Waals surface area contributed by atoms with E-state index in [-0.39, 0.29) is 0 Å². The summed E-state index contributed by atoms with van der Waals surface area (Å²) in [6, 6.07) is 17.3. The summed E-state index contributed by atoms with van der Waals surface area (Å²) in [7, 11) is 0. The van der Waals surface area contributed by atoms with Gasteiger partial charge in [-0.1, -0.05) is 102 Å². The number of rotatable bonds is 17. The van der Waals surface area contributed by atoms with Crippen LogP contribution in [0.2, 0.25) is 0 Å². The zero-order valence-corrected chi connectivity index (χ0v) is 22.9. The van der Waals surface area contributed by atoms with Crippen molar-refractivity contribution >= 4 is 24.8 Å². The van der Waals surface area contributed by atoms with Crippen molar-refractivity contribution < 1.29 is 0 Å². The van der Waals surface area contributed by atoms with Crippen LogP contribution in [0, 0.1) is 11.8 Å². The van der Waals surface area contributed by atoms with E-state index in [1.54, 1.807) is 0 Å². The van der Waals surface area contributed by atoms with Crippen molar-refractivity contribution in [2.75, 3.05) is 13.1 Å². The van der Waals surface area contributed by atoms with Crippen LogP contribution in [0.15, 0.2) is 70.9 Å². The number of benzene rings is 2. The van der Waals surface area contributed by atoms with Gasteiger partial charge in [-0.05, 0) is 60.4 Å². The summed E-state index contributed by atoms with van der Waals surface area (Å²) in [4.78, 5) is 8.03. The van der Waals surface area contributed by atoms with Crippen LogP contribution in [-0.2, 0) is 0 Å². The molecule has 0 bridgehead atoms. The summed E-state index contributed by atoms with van der Waals surface area (Å²) in [6.07, 6.45) is 11.1. The molecule has 2 aromatic carbocycles. The lowest BCUT2D eigenvalue weighted by Crippen LogP contribution is -2.20. The van der Waals surface area contributed by atoms with Gasteiger partial charge in [0.25, 0.3) is 0 Å². The van der Waals surface area contributed by atoms with E-state index in [0.717, 1.165) is 35.6 Å². The first-order chi connectivity index (χ1) is 17.5. The molecule has 0 amide bonds. The number of nitrogens with zero attached hydrogens (tertiary/aromatic N) is 2. The highest BCUT2D eigenvalue weighted by Gasteiger charge is 2.08. The first-order valence-electron chi connectivity index (χ1n) is 13.5. The summed E-state index contributed by atoms with van der Waals surface area (Å²) in [5.41, 5.74) is 6.63. The second-order valence-corrected chi connectivity index (χ2v) is 9.86. The highest BCUT2D eigenvalue weighted by atomic mass is 14.9. The van der Waals surface area contributed by atoms with Crippen LogP contribution >= 0.6 is 0 Å². The Bertz CT molecular complexity index is 889. The molecule has 2 aromatic rings. The van der Waals surface area contributed by atoms with Gasteiger partial charge in [0.15, 0.2) is 0 Å². The molecule has 4 heteroatoms. The Kier molecular flexibility index (Phi) is 13.3. The Morgan fingerprint density at radius 1 is 0.694 bits per heavy atom. The zero-order valence-electron chi connectivity index (χ0n) is 22.9. The number of hydrogen-bond acceptors (Lipinski definition) is 4. The second-order valence-electron chi connectivity index (χ2n) is 9.86. The van der Waals surface area contributed by atoms with Crippen molar-refractivity contribution in [1.82, 2.24) is 10.6 Å². The lowest BCUT2D eigenvalue weighted by atomic mass is 10.00. The Morgan fingerprint density at radius 2 is 1.06 bits per heavy atom. The van der Waals surface area contributed by atoms with Crippen molar-refractivity contribution in [3.63, 3.8) is 0 Å². The highest BCUT2D eigenvalue weighted by Crippen LogP contribution is 2.24. The van der Waals surface area contributed by atoms with Crippen LogP contribution < -0.4 is 10.6 Å². The summed E-state index contributed by atoms with van der Waals surface area (Å²) in [6.45, 7) is 18.2. The summed E-state index contributed by atoms with van der Waals surface area (Å²) in [5.74, 6) is 1.25. The van der Waals surface area contributed by atoms with Gasteiger partial charge in [0.05, 0.1) is 11.4 Å². The molecular weight excluding hydrogens is 440 g/mol. The number of nitrogens with one attached hydrogen (secondary N) is 2. The lowest BCUT2D eigenvalue weighted by Gasteiger charge is -2.16. The molecule has 0 saturated carbocycles. The van der Waals surface area contributed by atoms with Crippen molar-refractivity contribution in [3.05, 3.63) is 72.1 Å².